The fourth-order valence-corrected chi connectivity index (χ4v) is 5.78. The van der Waals surface area contributed by atoms with Crippen molar-refractivity contribution in [1.29, 1.82) is 0 Å². The number of rotatable bonds is 4. The van der Waals surface area contributed by atoms with Gasteiger partial charge < -0.3 is 9.64 Å². The van der Waals surface area contributed by atoms with Gasteiger partial charge in [-0.25, -0.2) is 9.52 Å². The maximum atomic E-state index is 13.5. The van der Waals surface area contributed by atoms with Gasteiger partial charge in [0.25, 0.3) is 5.91 Å². The molecule has 0 saturated carbocycles. The molecule has 208 valence electrons. The zero-order chi connectivity index (χ0) is 28.0. The smallest absolute Gasteiger partial charge is 0.422 e. The van der Waals surface area contributed by atoms with E-state index in [0.29, 0.717) is 29.8 Å². The highest BCUT2D eigenvalue weighted by atomic mass is 32.2. The molecular formula is C24H30F3N5O5S. The van der Waals surface area contributed by atoms with E-state index in [-0.39, 0.29) is 37.5 Å². The second-order valence-electron chi connectivity index (χ2n) is 10.5. The summed E-state index contributed by atoms with van der Waals surface area (Å²) in [6, 6.07) is 4.22. The highest BCUT2D eigenvalue weighted by molar-refractivity contribution is 7.87. The lowest BCUT2D eigenvalue weighted by Crippen LogP contribution is -2.48. The Morgan fingerprint density at radius 2 is 1.71 bits per heavy atom. The number of carbonyl (C=O) groups is 2. The number of anilines is 1. The van der Waals surface area contributed by atoms with Crippen LogP contribution in [-0.4, -0.2) is 59.7 Å². The molecule has 1 saturated heterocycles. The fourth-order valence-electron chi connectivity index (χ4n) is 4.71. The van der Waals surface area contributed by atoms with Crippen LogP contribution in [0.25, 0.3) is 0 Å². The minimum atomic E-state index is -4.48. The molecule has 0 radical (unpaired) electrons. The van der Waals surface area contributed by atoms with Crippen molar-refractivity contribution in [2.75, 3.05) is 24.5 Å². The van der Waals surface area contributed by atoms with E-state index in [1.165, 1.54) is 17.0 Å². The molecule has 14 heteroatoms. The molecule has 1 atom stereocenters. The highest BCUT2D eigenvalue weighted by Gasteiger charge is 2.38. The van der Waals surface area contributed by atoms with Gasteiger partial charge in [-0.2, -0.15) is 31.0 Å². The molecule has 38 heavy (non-hydrogen) atoms. The number of amides is 2. The summed E-state index contributed by atoms with van der Waals surface area (Å²) in [5, 5.41) is 4.39. The molecule has 2 aromatic rings. The van der Waals surface area contributed by atoms with Gasteiger partial charge in [-0.15, -0.1) is 0 Å². The quantitative estimate of drug-likeness (QED) is 0.606. The van der Waals surface area contributed by atoms with E-state index in [1.54, 1.807) is 31.6 Å². The first-order chi connectivity index (χ1) is 17.6. The van der Waals surface area contributed by atoms with Crippen molar-refractivity contribution in [3.63, 3.8) is 0 Å². The molecule has 1 N–H and O–H groups in total. The van der Waals surface area contributed by atoms with Gasteiger partial charge in [0, 0.05) is 30.9 Å². The summed E-state index contributed by atoms with van der Waals surface area (Å²) in [5.41, 5.74) is -0.298. The minimum absolute atomic E-state index is 0.111. The largest absolute Gasteiger partial charge is 0.443 e. The number of aromatic nitrogens is 2. The minimum Gasteiger partial charge on any atom is -0.443 e. The molecule has 3 heterocycles. The third kappa shape index (κ3) is 5.80. The van der Waals surface area contributed by atoms with E-state index >= 15 is 0 Å². The van der Waals surface area contributed by atoms with Crippen molar-refractivity contribution < 1.29 is 35.9 Å². The Balaban J connectivity index is 1.49. The monoisotopic (exact) mass is 557 g/mol. The van der Waals surface area contributed by atoms with Crippen LogP contribution in [0, 0.1) is 0 Å². The van der Waals surface area contributed by atoms with Crippen LogP contribution in [-0.2, 0) is 21.1 Å². The fraction of sp³-hybridized carbons (Fsp3) is 0.542. The number of piperidine rings is 1. The Morgan fingerprint density at radius 1 is 1.11 bits per heavy atom. The first-order valence-electron chi connectivity index (χ1n) is 12.1. The van der Waals surface area contributed by atoms with E-state index in [4.69, 9.17) is 4.74 Å². The van der Waals surface area contributed by atoms with Gasteiger partial charge in [0.1, 0.15) is 11.3 Å². The number of alkyl halides is 3. The second-order valence-corrected chi connectivity index (χ2v) is 12.2. The predicted octanol–water partition coefficient (Wildman–Crippen LogP) is 4.07. The lowest BCUT2D eigenvalue weighted by atomic mass is 9.89. The topological polar surface area (TPSA) is 114 Å². The lowest BCUT2D eigenvalue weighted by Gasteiger charge is -2.34. The second kappa shape index (κ2) is 9.88. The Hall–Kier alpha value is -3.13. The van der Waals surface area contributed by atoms with Gasteiger partial charge in [-0.05, 0) is 70.7 Å². The van der Waals surface area contributed by atoms with Crippen molar-refractivity contribution in [3.8, 4) is 0 Å². The molecule has 1 aromatic heterocycles. The first kappa shape index (κ1) is 27.9. The molecule has 2 amide bonds. The number of ether oxygens (including phenoxy) is 1. The predicted molar refractivity (Wildman–Crippen MR) is 132 cm³/mol. The number of benzene rings is 1. The van der Waals surface area contributed by atoms with Crippen molar-refractivity contribution in [2.45, 2.75) is 64.3 Å². The summed E-state index contributed by atoms with van der Waals surface area (Å²) in [6.07, 6.45) is -3.17. The average molecular weight is 558 g/mol. The van der Waals surface area contributed by atoms with Crippen LogP contribution in [0.5, 0.6) is 0 Å². The number of nitrogens with zero attached hydrogens (tertiary/aromatic N) is 4. The molecule has 2 aliphatic rings. The van der Waals surface area contributed by atoms with Gasteiger partial charge >= 0.3 is 22.5 Å². The molecule has 4 rings (SSSR count). The zero-order valence-electron chi connectivity index (χ0n) is 21.4. The summed E-state index contributed by atoms with van der Waals surface area (Å²) in [5.74, 6) is -0.549. The van der Waals surface area contributed by atoms with Crippen molar-refractivity contribution in [1.82, 2.24) is 18.8 Å². The maximum absolute atomic E-state index is 13.5. The van der Waals surface area contributed by atoms with Gasteiger partial charge in [0.2, 0.25) is 0 Å². The standard InChI is InChI=1S/C24H30F3N5O5S/c1-15-14-31(18-7-5-17(6-8-18)24(25,26)27)21(33)20-19(13-28-32(15)20)16-9-11-30(12-10-16)38(35,36)29-22(34)37-23(2,3)4/h5-8,13,15-16H,9-12,14H2,1-4H3,(H,29,34). The van der Waals surface area contributed by atoms with Gasteiger partial charge in [0.15, 0.2) is 0 Å². The van der Waals surface area contributed by atoms with Crippen molar-refractivity contribution in [2.24, 2.45) is 0 Å². The number of nitrogens with one attached hydrogen (secondary N) is 1. The van der Waals surface area contributed by atoms with Crippen LogP contribution in [0.2, 0.25) is 0 Å². The SMILES string of the molecule is CC1CN(c2ccc(C(F)(F)F)cc2)C(=O)c2c(C3CCN(S(=O)(=O)NC(=O)OC(C)(C)C)CC3)cnn21. The Labute approximate surface area is 218 Å². The number of halogens is 3. The Morgan fingerprint density at radius 3 is 2.26 bits per heavy atom. The molecule has 0 aliphatic carbocycles. The summed E-state index contributed by atoms with van der Waals surface area (Å²) < 4.78 is 74.0. The van der Waals surface area contributed by atoms with Crippen LogP contribution >= 0.6 is 0 Å². The van der Waals surface area contributed by atoms with E-state index in [1.807, 2.05) is 11.6 Å². The van der Waals surface area contributed by atoms with Crippen LogP contribution < -0.4 is 9.62 Å². The zero-order valence-corrected chi connectivity index (χ0v) is 22.3. The maximum Gasteiger partial charge on any atom is 0.422 e. The van der Waals surface area contributed by atoms with E-state index in [2.05, 4.69) is 5.10 Å². The third-order valence-electron chi connectivity index (χ3n) is 6.49. The van der Waals surface area contributed by atoms with Gasteiger partial charge in [0.05, 0.1) is 17.8 Å². The van der Waals surface area contributed by atoms with Crippen molar-refractivity contribution in [3.05, 3.63) is 47.3 Å². The molecule has 1 fully saturated rings. The molecule has 2 aliphatic heterocycles. The molecule has 0 bridgehead atoms. The van der Waals surface area contributed by atoms with E-state index in [0.717, 1.165) is 16.4 Å². The molecular weight excluding hydrogens is 527 g/mol. The van der Waals surface area contributed by atoms with Crippen molar-refractivity contribution >= 4 is 27.9 Å². The molecule has 10 nitrogen and oxygen atoms in total. The molecule has 1 unspecified atom stereocenters. The van der Waals surface area contributed by atoms with Gasteiger partial charge in [-0.3, -0.25) is 9.48 Å². The summed E-state index contributed by atoms with van der Waals surface area (Å²) in [6.45, 7) is 7.20. The lowest BCUT2D eigenvalue weighted by molar-refractivity contribution is -0.137. The summed E-state index contributed by atoms with van der Waals surface area (Å²) in [4.78, 5) is 26.9. The molecule has 1 aromatic carbocycles. The number of carbonyl (C=O) groups excluding carboxylic acids is 2. The Bertz CT molecular complexity index is 1310. The van der Waals surface area contributed by atoms with Crippen LogP contribution in [0.4, 0.5) is 23.7 Å². The number of hydrogen-bond donors (Lipinski definition) is 1. The first-order valence-corrected chi connectivity index (χ1v) is 13.6. The van der Waals surface area contributed by atoms with Crippen LogP contribution in [0.3, 0.4) is 0 Å². The van der Waals surface area contributed by atoms with Crippen LogP contribution in [0.1, 0.15) is 74.1 Å². The number of hydrogen-bond acceptors (Lipinski definition) is 6. The summed E-state index contributed by atoms with van der Waals surface area (Å²) >= 11 is 0. The molecule has 0 spiro atoms. The van der Waals surface area contributed by atoms with Crippen LogP contribution in [0.15, 0.2) is 30.5 Å². The van der Waals surface area contributed by atoms with E-state index < -0.39 is 33.6 Å². The number of fused-ring (bicyclic) bond motifs is 1. The Kier molecular flexibility index (Phi) is 7.25. The third-order valence-corrected chi connectivity index (χ3v) is 7.96. The van der Waals surface area contributed by atoms with Gasteiger partial charge in [-0.1, -0.05) is 0 Å². The average Bonchev–Trinajstić information content (AvgIpc) is 3.26. The highest BCUT2D eigenvalue weighted by Crippen LogP contribution is 2.36. The van der Waals surface area contributed by atoms with E-state index in [9.17, 15) is 31.2 Å². The normalized spacial score (nSPS) is 19.8. The summed E-state index contributed by atoms with van der Waals surface area (Å²) in [7, 11) is -4.11.